The Kier molecular flexibility index (Phi) is 3.95. The molecule has 1 aromatic rings. The number of ether oxygens (including phenoxy) is 1. The molecular formula is C10H14N4O5. The van der Waals surface area contributed by atoms with E-state index in [1.54, 1.807) is 6.92 Å². The number of carbonyl (C=O) groups is 2. The Labute approximate surface area is 108 Å². The molecule has 9 nitrogen and oxygen atoms in total. The second-order valence-electron chi connectivity index (χ2n) is 4.15. The van der Waals surface area contributed by atoms with Gasteiger partial charge in [-0.2, -0.15) is 4.98 Å². The molecule has 0 aromatic carbocycles. The van der Waals surface area contributed by atoms with Gasteiger partial charge in [0.25, 0.3) is 0 Å². The molecule has 2 rings (SSSR count). The van der Waals surface area contributed by atoms with Gasteiger partial charge in [0, 0.05) is 0 Å². The number of carbonyl (C=O) groups excluding carboxylic acids is 1. The van der Waals surface area contributed by atoms with E-state index in [1.165, 1.54) is 0 Å². The molecule has 104 valence electrons. The first-order valence-corrected chi connectivity index (χ1v) is 5.70. The van der Waals surface area contributed by atoms with Crippen LogP contribution in [0.25, 0.3) is 0 Å². The fraction of sp³-hybridized carbons (Fsp3) is 0.600. The maximum atomic E-state index is 11.6. The predicted molar refractivity (Wildman–Crippen MR) is 60.1 cm³/mol. The minimum Gasteiger partial charge on any atom is -0.481 e. The first kappa shape index (κ1) is 13.3. The number of aliphatic carboxylic acids is 1. The van der Waals surface area contributed by atoms with Gasteiger partial charge in [-0.05, 0) is 6.92 Å². The standard InChI is InChI=1S/C10H14N4O5/c1-5-12-8(19-14-5)2-11-10(17)13-7-4-18-3-6(7)9(15)16/h6-7H,2-4H2,1H3,(H,15,16)(H2,11,13,17). The van der Waals surface area contributed by atoms with E-state index in [0.717, 1.165) is 0 Å². The van der Waals surface area contributed by atoms with Crippen LogP contribution in [0.2, 0.25) is 0 Å². The van der Waals surface area contributed by atoms with Crippen LogP contribution in [-0.4, -0.2) is 46.5 Å². The molecule has 9 heteroatoms. The molecule has 2 heterocycles. The monoisotopic (exact) mass is 270 g/mol. The molecular weight excluding hydrogens is 256 g/mol. The van der Waals surface area contributed by atoms with Crippen molar-refractivity contribution < 1.29 is 24.0 Å². The summed E-state index contributed by atoms with van der Waals surface area (Å²) in [6.07, 6.45) is 0. The summed E-state index contributed by atoms with van der Waals surface area (Å²) in [5.41, 5.74) is 0. The number of hydrogen-bond acceptors (Lipinski definition) is 6. The van der Waals surface area contributed by atoms with Gasteiger partial charge >= 0.3 is 12.0 Å². The molecule has 3 N–H and O–H groups in total. The Morgan fingerprint density at radius 3 is 2.89 bits per heavy atom. The van der Waals surface area contributed by atoms with Crippen molar-refractivity contribution in [3.05, 3.63) is 11.7 Å². The first-order chi connectivity index (χ1) is 9.06. The van der Waals surface area contributed by atoms with Crippen molar-refractivity contribution >= 4 is 12.0 Å². The molecule has 1 aliphatic rings. The lowest BCUT2D eigenvalue weighted by atomic mass is 10.0. The molecule has 1 aromatic heterocycles. The molecule has 2 atom stereocenters. The smallest absolute Gasteiger partial charge is 0.315 e. The summed E-state index contributed by atoms with van der Waals surface area (Å²) >= 11 is 0. The maximum absolute atomic E-state index is 11.6. The zero-order valence-corrected chi connectivity index (χ0v) is 10.3. The highest BCUT2D eigenvalue weighted by atomic mass is 16.5. The van der Waals surface area contributed by atoms with E-state index >= 15 is 0 Å². The first-order valence-electron chi connectivity index (χ1n) is 5.70. The summed E-state index contributed by atoms with van der Waals surface area (Å²) in [6.45, 7) is 2.03. The van der Waals surface area contributed by atoms with Gasteiger partial charge < -0.3 is 25.0 Å². The van der Waals surface area contributed by atoms with Crippen LogP contribution < -0.4 is 10.6 Å². The molecule has 1 aliphatic heterocycles. The molecule has 0 spiro atoms. The van der Waals surface area contributed by atoms with Gasteiger partial charge in [0.15, 0.2) is 5.82 Å². The Bertz CT molecular complexity index is 474. The summed E-state index contributed by atoms with van der Waals surface area (Å²) in [7, 11) is 0. The summed E-state index contributed by atoms with van der Waals surface area (Å²) in [6, 6.07) is -1.04. The van der Waals surface area contributed by atoms with Gasteiger partial charge in [-0.1, -0.05) is 5.16 Å². The lowest BCUT2D eigenvalue weighted by molar-refractivity contribution is -0.142. The molecule has 0 aliphatic carbocycles. The third-order valence-electron chi connectivity index (χ3n) is 2.68. The number of carboxylic acid groups (broad SMARTS) is 1. The van der Waals surface area contributed by atoms with Gasteiger partial charge in [0.05, 0.1) is 25.8 Å². The highest BCUT2D eigenvalue weighted by Gasteiger charge is 2.35. The zero-order valence-electron chi connectivity index (χ0n) is 10.3. The number of aromatic nitrogens is 2. The van der Waals surface area contributed by atoms with Crippen molar-refractivity contribution in [3.8, 4) is 0 Å². The van der Waals surface area contributed by atoms with Crippen LogP contribution in [0.1, 0.15) is 11.7 Å². The fourth-order valence-corrected chi connectivity index (χ4v) is 1.73. The average molecular weight is 270 g/mol. The van der Waals surface area contributed by atoms with Crippen molar-refractivity contribution in [1.82, 2.24) is 20.8 Å². The Hall–Kier alpha value is -2.16. The third-order valence-corrected chi connectivity index (χ3v) is 2.68. The number of nitrogens with one attached hydrogen (secondary N) is 2. The number of carboxylic acids is 1. The van der Waals surface area contributed by atoms with Crippen molar-refractivity contribution in [2.45, 2.75) is 19.5 Å². The second-order valence-corrected chi connectivity index (χ2v) is 4.15. The van der Waals surface area contributed by atoms with Gasteiger partial charge in [-0.3, -0.25) is 4.79 Å². The fourth-order valence-electron chi connectivity index (χ4n) is 1.73. The van der Waals surface area contributed by atoms with Crippen LogP contribution in [0.3, 0.4) is 0 Å². The van der Waals surface area contributed by atoms with E-state index < -0.39 is 24.0 Å². The van der Waals surface area contributed by atoms with Crippen LogP contribution in [-0.2, 0) is 16.1 Å². The van der Waals surface area contributed by atoms with Crippen molar-refractivity contribution in [2.24, 2.45) is 5.92 Å². The minimum atomic E-state index is -0.990. The number of urea groups is 1. The number of hydrogen-bond donors (Lipinski definition) is 3. The molecule has 2 unspecified atom stereocenters. The summed E-state index contributed by atoms with van der Waals surface area (Å²) in [5.74, 6) is -0.954. The van der Waals surface area contributed by atoms with Crippen LogP contribution in [0.15, 0.2) is 4.52 Å². The van der Waals surface area contributed by atoms with Crippen LogP contribution in [0, 0.1) is 12.8 Å². The summed E-state index contributed by atoms with van der Waals surface area (Å²) in [4.78, 5) is 26.4. The number of aryl methyl sites for hydroxylation is 1. The molecule has 1 saturated heterocycles. The van der Waals surface area contributed by atoms with E-state index in [-0.39, 0.29) is 25.6 Å². The van der Waals surface area contributed by atoms with Gasteiger partial charge in [0.2, 0.25) is 5.89 Å². The van der Waals surface area contributed by atoms with E-state index in [9.17, 15) is 9.59 Å². The second kappa shape index (κ2) is 5.65. The maximum Gasteiger partial charge on any atom is 0.315 e. The summed E-state index contributed by atoms with van der Waals surface area (Å²) in [5, 5.41) is 17.5. The third kappa shape index (κ3) is 3.41. The van der Waals surface area contributed by atoms with E-state index in [2.05, 4.69) is 20.8 Å². The highest BCUT2D eigenvalue weighted by Crippen LogP contribution is 2.13. The minimum absolute atomic E-state index is 0.0813. The Morgan fingerprint density at radius 2 is 2.26 bits per heavy atom. The van der Waals surface area contributed by atoms with Gasteiger partial charge in [-0.25, -0.2) is 4.79 Å². The van der Waals surface area contributed by atoms with Crippen LogP contribution in [0.4, 0.5) is 4.79 Å². The number of nitrogens with zero attached hydrogens (tertiary/aromatic N) is 2. The van der Waals surface area contributed by atoms with Crippen molar-refractivity contribution in [2.75, 3.05) is 13.2 Å². The molecule has 0 radical (unpaired) electrons. The summed E-state index contributed by atoms with van der Waals surface area (Å²) < 4.78 is 9.86. The Morgan fingerprint density at radius 1 is 1.47 bits per heavy atom. The lowest BCUT2D eigenvalue weighted by Gasteiger charge is -2.15. The van der Waals surface area contributed by atoms with Crippen LogP contribution >= 0.6 is 0 Å². The topological polar surface area (TPSA) is 127 Å². The lowest BCUT2D eigenvalue weighted by Crippen LogP contribution is -2.47. The Balaban J connectivity index is 1.79. The quantitative estimate of drug-likeness (QED) is 0.658. The van der Waals surface area contributed by atoms with E-state index in [4.69, 9.17) is 14.4 Å². The van der Waals surface area contributed by atoms with Gasteiger partial charge in [-0.15, -0.1) is 0 Å². The molecule has 1 fully saturated rings. The molecule has 2 amide bonds. The normalized spacial score (nSPS) is 22.2. The molecule has 0 saturated carbocycles. The van der Waals surface area contributed by atoms with Crippen molar-refractivity contribution in [1.29, 1.82) is 0 Å². The largest absolute Gasteiger partial charge is 0.481 e. The van der Waals surface area contributed by atoms with E-state index in [1.807, 2.05) is 0 Å². The van der Waals surface area contributed by atoms with E-state index in [0.29, 0.717) is 5.82 Å². The molecule has 19 heavy (non-hydrogen) atoms. The predicted octanol–water partition coefficient (Wildman–Crippen LogP) is -0.723. The highest BCUT2D eigenvalue weighted by molar-refractivity contribution is 5.77. The van der Waals surface area contributed by atoms with Crippen molar-refractivity contribution in [3.63, 3.8) is 0 Å². The van der Waals surface area contributed by atoms with Gasteiger partial charge in [0.1, 0.15) is 5.92 Å². The average Bonchev–Trinajstić information content (AvgIpc) is 2.95. The zero-order chi connectivity index (χ0) is 13.8. The number of rotatable bonds is 4. The SMILES string of the molecule is Cc1noc(CNC(=O)NC2COCC2C(=O)O)n1. The number of amides is 2. The molecule has 0 bridgehead atoms. The van der Waals surface area contributed by atoms with Crippen LogP contribution in [0.5, 0.6) is 0 Å².